The van der Waals surface area contributed by atoms with Crippen LogP contribution in [-0.4, -0.2) is 5.78 Å². The van der Waals surface area contributed by atoms with E-state index in [9.17, 15) is 4.79 Å². The van der Waals surface area contributed by atoms with Gasteiger partial charge < -0.3 is 0 Å². The zero-order valence-corrected chi connectivity index (χ0v) is 5.05. The van der Waals surface area contributed by atoms with E-state index in [1.807, 2.05) is 0 Å². The van der Waals surface area contributed by atoms with E-state index < -0.39 is 0 Å². The predicted octanol–water partition coefficient (Wildman–Crippen LogP) is 1.40. The molecule has 0 bridgehead atoms. The third-order valence-electron chi connectivity index (χ3n) is 1.68. The monoisotopic (exact) mass is 110 g/mol. The molecule has 8 heavy (non-hydrogen) atoms. The third-order valence-corrected chi connectivity index (χ3v) is 1.68. The molecule has 0 spiro atoms. The Morgan fingerprint density at radius 2 is 2.38 bits per heavy atom. The van der Waals surface area contributed by atoms with Crippen LogP contribution >= 0.6 is 0 Å². The second-order valence-corrected chi connectivity index (χ2v) is 2.43. The van der Waals surface area contributed by atoms with Gasteiger partial charge in [0.25, 0.3) is 0 Å². The molecule has 0 radical (unpaired) electrons. The first-order valence-electron chi connectivity index (χ1n) is 2.92. The van der Waals surface area contributed by atoms with Crippen molar-refractivity contribution in [1.82, 2.24) is 0 Å². The summed E-state index contributed by atoms with van der Waals surface area (Å²) in [5, 5.41) is 0. The van der Waals surface area contributed by atoms with Crippen LogP contribution in [0.3, 0.4) is 0 Å². The Morgan fingerprint density at radius 1 is 1.88 bits per heavy atom. The zero-order valence-electron chi connectivity index (χ0n) is 5.05. The van der Waals surface area contributed by atoms with Crippen molar-refractivity contribution in [3.8, 4) is 0 Å². The Labute approximate surface area is 49.4 Å². The van der Waals surface area contributed by atoms with Crippen molar-refractivity contribution in [2.75, 3.05) is 0 Å². The molecule has 0 amide bonds. The van der Waals surface area contributed by atoms with E-state index in [2.05, 4.69) is 13.5 Å². The summed E-state index contributed by atoms with van der Waals surface area (Å²) in [6.45, 7) is 5.50. The summed E-state index contributed by atoms with van der Waals surface area (Å²) in [6, 6.07) is 0. The fourth-order valence-electron chi connectivity index (χ4n) is 0.870. The molecule has 1 aliphatic carbocycles. The van der Waals surface area contributed by atoms with Gasteiger partial charge in [0.05, 0.1) is 0 Å². The molecule has 0 aromatic rings. The van der Waals surface area contributed by atoms with Crippen LogP contribution in [0.2, 0.25) is 0 Å². The van der Waals surface area contributed by atoms with Crippen molar-refractivity contribution in [1.29, 1.82) is 0 Å². The summed E-state index contributed by atoms with van der Waals surface area (Å²) >= 11 is 0. The second-order valence-electron chi connectivity index (χ2n) is 2.43. The van der Waals surface area contributed by atoms with Gasteiger partial charge in [0.2, 0.25) is 0 Å². The topological polar surface area (TPSA) is 17.1 Å². The van der Waals surface area contributed by atoms with E-state index in [1.165, 1.54) is 6.08 Å². The number of ketones is 1. The van der Waals surface area contributed by atoms with Crippen LogP contribution in [0, 0.1) is 11.8 Å². The summed E-state index contributed by atoms with van der Waals surface area (Å²) in [6.07, 6.45) is 2.50. The molecule has 1 heteroatoms. The highest BCUT2D eigenvalue weighted by molar-refractivity contribution is 5.93. The Hall–Kier alpha value is -0.590. The maximum Gasteiger partial charge on any atom is 0.158 e. The molecule has 0 saturated heterocycles. The minimum Gasteiger partial charge on any atom is -0.295 e. The number of hydrogen-bond acceptors (Lipinski definition) is 1. The maximum atomic E-state index is 10.7. The van der Waals surface area contributed by atoms with Crippen LogP contribution in [0.15, 0.2) is 12.7 Å². The lowest BCUT2D eigenvalue weighted by Gasteiger charge is -1.83. The average Bonchev–Trinajstić information content (AvgIpc) is 2.45. The number of rotatable bonds is 2. The molecular formula is C7H10O. The van der Waals surface area contributed by atoms with Gasteiger partial charge >= 0.3 is 0 Å². The number of carbonyl (C=O) groups excluding carboxylic acids is 1. The molecule has 44 valence electrons. The minimum absolute atomic E-state index is 0.220. The Balaban J connectivity index is 2.39. The van der Waals surface area contributed by atoms with Gasteiger partial charge in [-0.05, 0) is 18.4 Å². The van der Waals surface area contributed by atoms with Gasteiger partial charge in [-0.15, -0.1) is 0 Å². The van der Waals surface area contributed by atoms with Gasteiger partial charge in [-0.2, -0.15) is 0 Å². The first-order valence-corrected chi connectivity index (χ1v) is 2.92. The van der Waals surface area contributed by atoms with Crippen molar-refractivity contribution in [3.05, 3.63) is 12.7 Å². The van der Waals surface area contributed by atoms with Crippen molar-refractivity contribution in [3.63, 3.8) is 0 Å². The van der Waals surface area contributed by atoms with Gasteiger partial charge in [0.1, 0.15) is 0 Å². The van der Waals surface area contributed by atoms with Crippen molar-refractivity contribution < 1.29 is 4.79 Å². The van der Waals surface area contributed by atoms with Crippen LogP contribution in [0.25, 0.3) is 0 Å². The van der Waals surface area contributed by atoms with Crippen molar-refractivity contribution in [2.45, 2.75) is 13.3 Å². The van der Waals surface area contributed by atoms with E-state index in [0.717, 1.165) is 6.42 Å². The molecule has 1 rings (SSSR count). The predicted molar refractivity (Wildman–Crippen MR) is 32.5 cm³/mol. The maximum absolute atomic E-state index is 10.7. The molecule has 0 aromatic carbocycles. The molecular weight excluding hydrogens is 100 g/mol. The summed E-state index contributed by atoms with van der Waals surface area (Å²) in [4.78, 5) is 10.7. The van der Waals surface area contributed by atoms with Crippen LogP contribution in [0.4, 0.5) is 0 Å². The Kier molecular flexibility index (Phi) is 1.20. The average molecular weight is 110 g/mol. The van der Waals surface area contributed by atoms with Gasteiger partial charge in [-0.25, -0.2) is 0 Å². The van der Waals surface area contributed by atoms with Crippen LogP contribution < -0.4 is 0 Å². The molecule has 0 aromatic heterocycles. The fraction of sp³-hybridized carbons (Fsp3) is 0.571. The SMILES string of the molecule is C=CC(=O)C1CC1C. The summed E-state index contributed by atoms with van der Waals surface area (Å²) in [5.74, 6) is 1.17. The standard InChI is InChI=1S/C7H10O/c1-3-7(8)6-4-5(6)2/h3,5-6H,1,4H2,2H3. The molecule has 0 heterocycles. The van der Waals surface area contributed by atoms with Crippen molar-refractivity contribution >= 4 is 5.78 Å². The van der Waals surface area contributed by atoms with E-state index in [4.69, 9.17) is 0 Å². The molecule has 0 N–H and O–H groups in total. The van der Waals surface area contributed by atoms with Crippen LogP contribution in [-0.2, 0) is 4.79 Å². The first kappa shape index (κ1) is 5.54. The lowest BCUT2D eigenvalue weighted by atomic mass is 10.2. The molecule has 1 saturated carbocycles. The summed E-state index contributed by atoms with van der Waals surface area (Å²) < 4.78 is 0. The van der Waals surface area contributed by atoms with Crippen molar-refractivity contribution in [2.24, 2.45) is 11.8 Å². The quantitative estimate of drug-likeness (QED) is 0.491. The van der Waals surface area contributed by atoms with Gasteiger partial charge in [0, 0.05) is 5.92 Å². The highest BCUT2D eigenvalue weighted by Crippen LogP contribution is 2.38. The highest BCUT2D eigenvalue weighted by atomic mass is 16.1. The Bertz CT molecular complexity index is 126. The lowest BCUT2D eigenvalue weighted by Crippen LogP contribution is -1.94. The van der Waals surface area contributed by atoms with E-state index in [-0.39, 0.29) is 5.78 Å². The Morgan fingerprint density at radius 3 is 2.50 bits per heavy atom. The fourth-order valence-corrected chi connectivity index (χ4v) is 0.870. The lowest BCUT2D eigenvalue weighted by molar-refractivity contribution is -0.115. The zero-order chi connectivity index (χ0) is 6.15. The number of allylic oxidation sites excluding steroid dienone is 1. The first-order chi connectivity index (χ1) is 3.75. The van der Waals surface area contributed by atoms with Crippen LogP contribution in [0.1, 0.15) is 13.3 Å². The van der Waals surface area contributed by atoms with Gasteiger partial charge in [-0.3, -0.25) is 4.79 Å². The summed E-state index contributed by atoms with van der Waals surface area (Å²) in [5.41, 5.74) is 0. The smallest absolute Gasteiger partial charge is 0.158 e. The van der Waals surface area contributed by atoms with E-state index in [0.29, 0.717) is 11.8 Å². The third kappa shape index (κ3) is 0.808. The molecule has 0 aliphatic heterocycles. The van der Waals surface area contributed by atoms with Gasteiger partial charge in [-0.1, -0.05) is 13.5 Å². The normalized spacial score (nSPS) is 34.1. The second kappa shape index (κ2) is 1.73. The minimum atomic E-state index is 0.220. The highest BCUT2D eigenvalue weighted by Gasteiger charge is 2.36. The van der Waals surface area contributed by atoms with E-state index in [1.54, 1.807) is 0 Å². The molecule has 1 nitrogen and oxygen atoms in total. The summed E-state index contributed by atoms with van der Waals surface area (Å²) in [7, 11) is 0. The van der Waals surface area contributed by atoms with E-state index >= 15 is 0 Å². The number of hydrogen-bond donors (Lipinski definition) is 0. The molecule has 1 fully saturated rings. The molecule has 1 aliphatic rings. The molecule has 2 atom stereocenters. The largest absolute Gasteiger partial charge is 0.295 e. The number of carbonyl (C=O) groups is 1. The molecule has 2 unspecified atom stereocenters. The van der Waals surface area contributed by atoms with Gasteiger partial charge in [0.15, 0.2) is 5.78 Å². The van der Waals surface area contributed by atoms with Crippen LogP contribution in [0.5, 0.6) is 0 Å².